The highest BCUT2D eigenvalue weighted by Crippen LogP contribution is 2.16. The van der Waals surface area contributed by atoms with E-state index in [9.17, 15) is 14.4 Å². The molecule has 1 N–H and O–H groups in total. The predicted octanol–water partition coefficient (Wildman–Crippen LogP) is 2.47. The summed E-state index contributed by atoms with van der Waals surface area (Å²) in [5.41, 5.74) is 0.322. The van der Waals surface area contributed by atoms with Crippen molar-refractivity contribution >= 4 is 40.9 Å². The van der Waals surface area contributed by atoms with Crippen molar-refractivity contribution in [3.8, 4) is 5.75 Å². The Kier molecular flexibility index (Phi) is 7.54. The third-order valence-corrected chi connectivity index (χ3v) is 5.26. The first-order valence-electron chi connectivity index (χ1n) is 9.40. The molecule has 9 heteroatoms. The second kappa shape index (κ2) is 10.3. The summed E-state index contributed by atoms with van der Waals surface area (Å²) in [6.45, 7) is 1.40. The van der Waals surface area contributed by atoms with E-state index in [1.54, 1.807) is 58.3 Å². The van der Waals surface area contributed by atoms with E-state index in [2.05, 4.69) is 5.32 Å². The number of rotatable bonds is 6. The fraction of sp³-hybridized carbons (Fsp3) is 0.286. The summed E-state index contributed by atoms with van der Waals surface area (Å²) in [6, 6.07) is 13.4. The fourth-order valence-electron chi connectivity index (χ4n) is 2.98. The van der Waals surface area contributed by atoms with Gasteiger partial charge in [-0.1, -0.05) is 35.3 Å². The Bertz CT molecular complexity index is 913. The Labute approximate surface area is 184 Å². The Balaban J connectivity index is 1.40. The highest BCUT2D eigenvalue weighted by Gasteiger charge is 2.24. The molecule has 0 atom stereocenters. The van der Waals surface area contributed by atoms with Crippen LogP contribution in [0.4, 0.5) is 0 Å². The topological polar surface area (TPSA) is 79.0 Å². The maximum Gasteiger partial charge on any atom is 0.260 e. The molecule has 0 aromatic heterocycles. The van der Waals surface area contributed by atoms with Gasteiger partial charge in [0.15, 0.2) is 6.61 Å². The second-order valence-corrected chi connectivity index (χ2v) is 7.51. The van der Waals surface area contributed by atoms with Crippen LogP contribution < -0.4 is 10.1 Å². The van der Waals surface area contributed by atoms with Gasteiger partial charge < -0.3 is 19.9 Å². The number of benzene rings is 2. The smallest absolute Gasteiger partial charge is 0.260 e. The first-order chi connectivity index (χ1) is 14.4. The van der Waals surface area contributed by atoms with Gasteiger partial charge in [-0.2, -0.15) is 0 Å². The van der Waals surface area contributed by atoms with Gasteiger partial charge in [-0.3, -0.25) is 14.4 Å². The molecule has 1 aliphatic rings. The lowest BCUT2D eigenvalue weighted by molar-refractivity contribution is -0.140. The summed E-state index contributed by atoms with van der Waals surface area (Å²) in [7, 11) is 0. The van der Waals surface area contributed by atoms with Crippen LogP contribution in [0.2, 0.25) is 10.0 Å². The Hall–Kier alpha value is -2.77. The molecule has 3 rings (SSSR count). The van der Waals surface area contributed by atoms with E-state index in [-0.39, 0.29) is 25.0 Å². The van der Waals surface area contributed by atoms with Crippen molar-refractivity contribution in [1.29, 1.82) is 0 Å². The Morgan fingerprint density at radius 1 is 0.867 bits per heavy atom. The lowest BCUT2D eigenvalue weighted by Crippen LogP contribution is -2.53. The number of amides is 3. The molecule has 0 unspecified atom stereocenters. The van der Waals surface area contributed by atoms with Gasteiger partial charge in [0.05, 0.1) is 17.1 Å². The average molecular weight is 450 g/mol. The highest BCUT2D eigenvalue weighted by molar-refractivity contribution is 6.33. The summed E-state index contributed by atoms with van der Waals surface area (Å²) in [4.78, 5) is 40.1. The number of hydrogen-bond acceptors (Lipinski definition) is 4. The van der Waals surface area contributed by atoms with Crippen LogP contribution in [0.5, 0.6) is 5.75 Å². The molecule has 2 aromatic rings. The van der Waals surface area contributed by atoms with Crippen LogP contribution in [0, 0.1) is 0 Å². The van der Waals surface area contributed by atoms with E-state index in [4.69, 9.17) is 27.9 Å². The van der Waals surface area contributed by atoms with Crippen LogP contribution in [0.3, 0.4) is 0 Å². The molecule has 1 aliphatic heterocycles. The lowest BCUT2D eigenvalue weighted by Gasteiger charge is -2.34. The van der Waals surface area contributed by atoms with Crippen molar-refractivity contribution in [2.75, 3.05) is 39.3 Å². The third-order valence-electron chi connectivity index (χ3n) is 4.68. The normalized spacial score (nSPS) is 13.7. The van der Waals surface area contributed by atoms with Crippen molar-refractivity contribution < 1.29 is 19.1 Å². The number of piperazine rings is 1. The van der Waals surface area contributed by atoms with Gasteiger partial charge in [0.1, 0.15) is 5.75 Å². The number of nitrogens with one attached hydrogen (secondary N) is 1. The zero-order valence-corrected chi connectivity index (χ0v) is 17.7. The molecule has 7 nitrogen and oxygen atoms in total. The summed E-state index contributed by atoms with van der Waals surface area (Å²) >= 11 is 11.8. The van der Waals surface area contributed by atoms with Crippen molar-refractivity contribution in [2.24, 2.45) is 0 Å². The van der Waals surface area contributed by atoms with Crippen molar-refractivity contribution in [1.82, 2.24) is 15.1 Å². The SMILES string of the molecule is O=C(NCC(=O)N1CCN(C(=O)COc2ccc(Cl)cc2)CC1)c1ccccc1Cl. The van der Waals surface area contributed by atoms with Crippen LogP contribution in [0.1, 0.15) is 10.4 Å². The monoisotopic (exact) mass is 449 g/mol. The van der Waals surface area contributed by atoms with Gasteiger partial charge in [-0.15, -0.1) is 0 Å². The first-order valence-corrected chi connectivity index (χ1v) is 10.2. The molecule has 1 heterocycles. The standard InChI is InChI=1S/C21H21Cl2N3O4/c22-15-5-7-16(8-6-15)30-14-20(28)26-11-9-25(10-12-26)19(27)13-24-21(29)17-3-1-2-4-18(17)23/h1-8H,9-14H2,(H,24,29). The van der Waals surface area contributed by atoms with Gasteiger partial charge in [0, 0.05) is 31.2 Å². The number of hydrogen-bond donors (Lipinski definition) is 1. The molecular formula is C21H21Cl2N3O4. The molecule has 1 saturated heterocycles. The number of halogens is 2. The van der Waals surface area contributed by atoms with Crippen LogP contribution in [0.15, 0.2) is 48.5 Å². The molecular weight excluding hydrogens is 429 g/mol. The van der Waals surface area contributed by atoms with Gasteiger partial charge in [-0.25, -0.2) is 0 Å². The molecule has 3 amide bonds. The quantitative estimate of drug-likeness (QED) is 0.734. The molecule has 0 aliphatic carbocycles. The van der Waals surface area contributed by atoms with E-state index >= 15 is 0 Å². The van der Waals surface area contributed by atoms with Gasteiger partial charge in [-0.05, 0) is 36.4 Å². The van der Waals surface area contributed by atoms with Crippen molar-refractivity contribution in [3.05, 3.63) is 64.1 Å². The van der Waals surface area contributed by atoms with E-state index in [1.807, 2.05) is 0 Å². The predicted molar refractivity (Wildman–Crippen MR) is 114 cm³/mol. The minimum absolute atomic E-state index is 0.0799. The maximum absolute atomic E-state index is 12.4. The summed E-state index contributed by atoms with van der Waals surface area (Å²) in [6.07, 6.45) is 0. The number of nitrogens with zero attached hydrogens (tertiary/aromatic N) is 2. The largest absolute Gasteiger partial charge is 0.484 e. The summed E-state index contributed by atoms with van der Waals surface area (Å²) < 4.78 is 5.48. The maximum atomic E-state index is 12.4. The van der Waals surface area contributed by atoms with Crippen molar-refractivity contribution in [2.45, 2.75) is 0 Å². The molecule has 0 bridgehead atoms. The number of carbonyl (C=O) groups is 3. The fourth-order valence-corrected chi connectivity index (χ4v) is 3.33. The van der Waals surface area contributed by atoms with Crippen LogP contribution in [-0.2, 0) is 9.59 Å². The number of ether oxygens (including phenoxy) is 1. The average Bonchev–Trinajstić information content (AvgIpc) is 2.77. The molecule has 0 radical (unpaired) electrons. The first kappa shape index (κ1) is 21.9. The van der Waals surface area contributed by atoms with E-state index < -0.39 is 5.91 Å². The molecule has 158 valence electrons. The molecule has 30 heavy (non-hydrogen) atoms. The molecule has 2 aromatic carbocycles. The minimum atomic E-state index is -0.401. The minimum Gasteiger partial charge on any atom is -0.484 e. The highest BCUT2D eigenvalue weighted by atomic mass is 35.5. The zero-order valence-electron chi connectivity index (χ0n) is 16.1. The van der Waals surface area contributed by atoms with Crippen LogP contribution >= 0.6 is 23.2 Å². The van der Waals surface area contributed by atoms with E-state index in [0.29, 0.717) is 47.5 Å². The lowest BCUT2D eigenvalue weighted by atomic mass is 10.2. The van der Waals surface area contributed by atoms with Crippen molar-refractivity contribution in [3.63, 3.8) is 0 Å². The second-order valence-electron chi connectivity index (χ2n) is 6.67. The van der Waals surface area contributed by atoms with E-state index in [1.165, 1.54) is 0 Å². The van der Waals surface area contributed by atoms with Crippen LogP contribution in [0.25, 0.3) is 0 Å². The molecule has 0 spiro atoms. The summed E-state index contributed by atoms with van der Waals surface area (Å²) in [5, 5.41) is 3.51. The summed E-state index contributed by atoms with van der Waals surface area (Å²) in [5.74, 6) is -0.193. The van der Waals surface area contributed by atoms with Gasteiger partial charge >= 0.3 is 0 Å². The third kappa shape index (κ3) is 5.87. The van der Waals surface area contributed by atoms with Gasteiger partial charge in [0.2, 0.25) is 5.91 Å². The Morgan fingerprint density at radius 2 is 1.47 bits per heavy atom. The number of carbonyl (C=O) groups excluding carboxylic acids is 3. The molecule has 1 fully saturated rings. The zero-order chi connectivity index (χ0) is 21.5. The van der Waals surface area contributed by atoms with E-state index in [0.717, 1.165) is 0 Å². The molecule has 0 saturated carbocycles. The van der Waals surface area contributed by atoms with Crippen LogP contribution in [-0.4, -0.2) is 66.9 Å². The Morgan fingerprint density at radius 3 is 2.10 bits per heavy atom. The van der Waals surface area contributed by atoms with Gasteiger partial charge in [0.25, 0.3) is 11.8 Å².